The number of hydrogen-bond acceptors (Lipinski definition) is 3. The lowest BCUT2D eigenvalue weighted by atomic mass is 9.94. The van der Waals surface area contributed by atoms with Crippen molar-refractivity contribution in [3.8, 4) is 0 Å². The predicted molar refractivity (Wildman–Crippen MR) is 75.5 cm³/mol. The van der Waals surface area contributed by atoms with Crippen molar-refractivity contribution in [2.45, 2.75) is 26.2 Å². The van der Waals surface area contributed by atoms with E-state index in [1.807, 2.05) is 25.3 Å². The SMILES string of the molecule is Cc1ccc2nc(CC3CCCNC3)cc(=O)n2c1. The largest absolute Gasteiger partial charge is 0.316 e. The molecule has 3 rings (SSSR count). The van der Waals surface area contributed by atoms with Crippen molar-refractivity contribution in [1.82, 2.24) is 14.7 Å². The molecule has 2 aromatic rings. The Balaban J connectivity index is 1.92. The average Bonchev–Trinajstić information content (AvgIpc) is 2.41. The Labute approximate surface area is 112 Å². The molecule has 4 heteroatoms. The van der Waals surface area contributed by atoms with E-state index >= 15 is 0 Å². The number of rotatable bonds is 2. The van der Waals surface area contributed by atoms with E-state index in [-0.39, 0.29) is 5.56 Å². The second-order valence-corrected chi connectivity index (χ2v) is 5.44. The van der Waals surface area contributed by atoms with Crippen LogP contribution in [0.5, 0.6) is 0 Å². The van der Waals surface area contributed by atoms with Crippen molar-refractivity contribution >= 4 is 5.65 Å². The summed E-state index contributed by atoms with van der Waals surface area (Å²) in [5.74, 6) is 0.605. The molecule has 0 saturated carbocycles. The van der Waals surface area contributed by atoms with Gasteiger partial charge < -0.3 is 5.32 Å². The molecule has 0 aromatic carbocycles. The monoisotopic (exact) mass is 257 g/mol. The molecule has 4 nitrogen and oxygen atoms in total. The van der Waals surface area contributed by atoms with Crippen LogP contribution in [0.2, 0.25) is 0 Å². The summed E-state index contributed by atoms with van der Waals surface area (Å²) in [6.45, 7) is 4.13. The minimum atomic E-state index is 0.0208. The Bertz CT molecular complexity index is 641. The molecule has 100 valence electrons. The first-order chi connectivity index (χ1) is 9.22. The summed E-state index contributed by atoms with van der Waals surface area (Å²) in [6, 6.07) is 5.59. The van der Waals surface area contributed by atoms with Gasteiger partial charge in [0, 0.05) is 18.0 Å². The van der Waals surface area contributed by atoms with Crippen LogP contribution in [0, 0.1) is 12.8 Å². The maximum absolute atomic E-state index is 12.1. The third-order valence-corrected chi connectivity index (χ3v) is 3.76. The van der Waals surface area contributed by atoms with Gasteiger partial charge in [0.2, 0.25) is 0 Å². The fourth-order valence-corrected chi connectivity index (χ4v) is 2.76. The molecule has 1 fully saturated rings. The molecule has 3 heterocycles. The minimum Gasteiger partial charge on any atom is -0.316 e. The van der Waals surface area contributed by atoms with Crippen LogP contribution >= 0.6 is 0 Å². The summed E-state index contributed by atoms with van der Waals surface area (Å²) in [5, 5.41) is 3.40. The number of piperidine rings is 1. The summed E-state index contributed by atoms with van der Waals surface area (Å²) in [5.41, 5.74) is 2.76. The Kier molecular flexibility index (Phi) is 3.34. The number of nitrogens with zero attached hydrogens (tertiary/aromatic N) is 2. The normalized spacial score (nSPS) is 19.7. The average molecular weight is 257 g/mol. The van der Waals surface area contributed by atoms with Gasteiger partial charge in [-0.25, -0.2) is 4.98 Å². The maximum Gasteiger partial charge on any atom is 0.258 e. The molecule has 1 atom stereocenters. The fourth-order valence-electron chi connectivity index (χ4n) is 2.76. The lowest BCUT2D eigenvalue weighted by Crippen LogP contribution is -2.31. The van der Waals surface area contributed by atoms with E-state index in [9.17, 15) is 4.79 Å². The fraction of sp³-hybridized carbons (Fsp3) is 0.467. The highest BCUT2D eigenvalue weighted by Crippen LogP contribution is 2.15. The van der Waals surface area contributed by atoms with Crippen LogP contribution in [-0.2, 0) is 6.42 Å². The van der Waals surface area contributed by atoms with Crippen LogP contribution in [0.4, 0.5) is 0 Å². The van der Waals surface area contributed by atoms with E-state index in [4.69, 9.17) is 0 Å². The zero-order valence-electron chi connectivity index (χ0n) is 11.2. The third-order valence-electron chi connectivity index (χ3n) is 3.76. The van der Waals surface area contributed by atoms with Gasteiger partial charge in [-0.15, -0.1) is 0 Å². The zero-order valence-corrected chi connectivity index (χ0v) is 11.2. The second kappa shape index (κ2) is 5.13. The topological polar surface area (TPSA) is 46.4 Å². The summed E-state index contributed by atoms with van der Waals surface area (Å²) in [7, 11) is 0. The molecule has 19 heavy (non-hydrogen) atoms. The zero-order chi connectivity index (χ0) is 13.2. The molecule has 0 spiro atoms. The number of hydrogen-bond donors (Lipinski definition) is 1. The van der Waals surface area contributed by atoms with E-state index in [0.717, 1.165) is 36.4 Å². The molecular weight excluding hydrogens is 238 g/mol. The second-order valence-electron chi connectivity index (χ2n) is 5.44. The van der Waals surface area contributed by atoms with Crippen LogP contribution in [0.3, 0.4) is 0 Å². The van der Waals surface area contributed by atoms with Gasteiger partial charge in [0.15, 0.2) is 0 Å². The van der Waals surface area contributed by atoms with Gasteiger partial charge in [-0.1, -0.05) is 6.07 Å². The van der Waals surface area contributed by atoms with Gasteiger partial charge >= 0.3 is 0 Å². The summed E-state index contributed by atoms with van der Waals surface area (Å²) < 4.78 is 1.62. The van der Waals surface area contributed by atoms with Crippen LogP contribution in [0.25, 0.3) is 5.65 Å². The predicted octanol–water partition coefficient (Wildman–Crippen LogP) is 1.55. The van der Waals surface area contributed by atoms with E-state index in [1.165, 1.54) is 12.8 Å². The van der Waals surface area contributed by atoms with Gasteiger partial charge in [-0.3, -0.25) is 9.20 Å². The molecule has 1 unspecified atom stereocenters. The third kappa shape index (κ3) is 2.68. The van der Waals surface area contributed by atoms with Gasteiger partial charge in [0.1, 0.15) is 5.65 Å². The number of aromatic nitrogens is 2. The van der Waals surface area contributed by atoms with E-state index < -0.39 is 0 Å². The Morgan fingerprint density at radius 1 is 1.47 bits per heavy atom. The first-order valence-corrected chi connectivity index (χ1v) is 6.92. The highest BCUT2D eigenvalue weighted by molar-refractivity contribution is 5.40. The number of pyridine rings is 1. The van der Waals surface area contributed by atoms with E-state index in [0.29, 0.717) is 5.92 Å². The van der Waals surface area contributed by atoms with Gasteiger partial charge in [-0.2, -0.15) is 0 Å². The first kappa shape index (κ1) is 12.4. The highest BCUT2D eigenvalue weighted by Gasteiger charge is 2.15. The quantitative estimate of drug-likeness (QED) is 0.888. The molecule has 0 amide bonds. The maximum atomic E-state index is 12.1. The van der Waals surface area contributed by atoms with Crippen LogP contribution in [-0.4, -0.2) is 22.5 Å². The number of nitrogens with one attached hydrogen (secondary N) is 1. The van der Waals surface area contributed by atoms with Crippen molar-refractivity contribution in [3.05, 3.63) is 46.0 Å². The standard InChI is InChI=1S/C15H19N3O/c1-11-4-5-14-17-13(8-15(19)18(14)10-11)7-12-3-2-6-16-9-12/h4-5,8,10,12,16H,2-3,6-7,9H2,1H3. The Hall–Kier alpha value is -1.68. The molecule has 1 saturated heterocycles. The smallest absolute Gasteiger partial charge is 0.258 e. The molecule has 1 aliphatic rings. The van der Waals surface area contributed by atoms with E-state index in [1.54, 1.807) is 10.5 Å². The Morgan fingerprint density at radius 3 is 3.16 bits per heavy atom. The summed E-state index contributed by atoms with van der Waals surface area (Å²) in [4.78, 5) is 16.7. The van der Waals surface area contributed by atoms with Crippen molar-refractivity contribution < 1.29 is 0 Å². The van der Waals surface area contributed by atoms with Gasteiger partial charge in [0.05, 0.1) is 0 Å². The molecule has 1 N–H and O–H groups in total. The van der Waals surface area contributed by atoms with Crippen molar-refractivity contribution in [2.24, 2.45) is 5.92 Å². The van der Waals surface area contributed by atoms with Gasteiger partial charge in [-0.05, 0) is 56.8 Å². The summed E-state index contributed by atoms with van der Waals surface area (Å²) >= 11 is 0. The van der Waals surface area contributed by atoms with Crippen molar-refractivity contribution in [2.75, 3.05) is 13.1 Å². The molecule has 2 aromatic heterocycles. The van der Waals surface area contributed by atoms with Crippen LogP contribution < -0.4 is 10.9 Å². The number of fused-ring (bicyclic) bond motifs is 1. The molecular formula is C15H19N3O. The summed E-state index contributed by atoms with van der Waals surface area (Å²) in [6.07, 6.45) is 5.18. The molecule has 0 aliphatic carbocycles. The first-order valence-electron chi connectivity index (χ1n) is 6.92. The van der Waals surface area contributed by atoms with Crippen molar-refractivity contribution in [3.63, 3.8) is 0 Å². The highest BCUT2D eigenvalue weighted by atomic mass is 16.1. The van der Waals surface area contributed by atoms with Crippen molar-refractivity contribution in [1.29, 1.82) is 0 Å². The van der Waals surface area contributed by atoms with Crippen LogP contribution in [0.15, 0.2) is 29.2 Å². The Morgan fingerprint density at radius 2 is 2.37 bits per heavy atom. The van der Waals surface area contributed by atoms with Crippen LogP contribution in [0.1, 0.15) is 24.1 Å². The lowest BCUT2D eigenvalue weighted by molar-refractivity contribution is 0.373. The number of aryl methyl sites for hydroxylation is 1. The lowest BCUT2D eigenvalue weighted by Gasteiger charge is -2.22. The molecule has 1 aliphatic heterocycles. The van der Waals surface area contributed by atoms with Gasteiger partial charge in [0.25, 0.3) is 5.56 Å². The minimum absolute atomic E-state index is 0.0208. The molecule has 0 radical (unpaired) electrons. The molecule has 0 bridgehead atoms. The van der Waals surface area contributed by atoms with E-state index in [2.05, 4.69) is 10.3 Å².